The Morgan fingerprint density at radius 3 is 2.43 bits per heavy atom. The number of rotatable bonds is 12. The molecular formula is C45H52FN11O4. The van der Waals surface area contributed by atoms with E-state index in [4.69, 9.17) is 9.97 Å². The first-order valence-corrected chi connectivity index (χ1v) is 21.4. The van der Waals surface area contributed by atoms with Crippen molar-refractivity contribution in [1.82, 2.24) is 34.5 Å². The largest absolute Gasteiger partial charge is 0.384 e. The molecule has 0 saturated carbocycles. The maximum Gasteiger partial charge on any atom is 0.278 e. The number of aromatic nitrogens is 5. The molecule has 318 valence electrons. The van der Waals surface area contributed by atoms with Crippen molar-refractivity contribution in [3.05, 3.63) is 101 Å². The number of fused-ring (bicyclic) bond motifs is 2. The van der Waals surface area contributed by atoms with E-state index in [2.05, 4.69) is 54.3 Å². The highest BCUT2D eigenvalue weighted by Crippen LogP contribution is 2.38. The normalized spacial score (nSPS) is 21.1. The molecule has 5 aromatic rings. The Morgan fingerprint density at radius 1 is 0.934 bits per heavy atom. The van der Waals surface area contributed by atoms with Crippen molar-refractivity contribution in [1.29, 1.82) is 0 Å². The monoisotopic (exact) mass is 829 g/mol. The fourth-order valence-corrected chi connectivity index (χ4v) is 9.29. The highest BCUT2D eigenvalue weighted by molar-refractivity contribution is 6.01. The lowest BCUT2D eigenvalue weighted by molar-refractivity contribution is -0.133. The van der Waals surface area contributed by atoms with Gasteiger partial charge in [-0.15, -0.1) is 6.58 Å². The zero-order chi connectivity index (χ0) is 42.3. The number of hydrogen-bond acceptors (Lipinski definition) is 12. The molecular weight excluding hydrogens is 778 g/mol. The zero-order valence-corrected chi connectivity index (χ0v) is 34.4. The van der Waals surface area contributed by atoms with Crippen molar-refractivity contribution in [2.45, 2.75) is 70.1 Å². The van der Waals surface area contributed by atoms with Crippen LogP contribution < -0.4 is 31.3 Å². The second-order valence-corrected chi connectivity index (χ2v) is 16.7. The molecule has 4 aliphatic rings. The minimum absolute atomic E-state index is 0.247. The number of benzene rings is 2. The molecule has 3 aliphatic heterocycles. The molecule has 0 radical (unpaired) electrons. The van der Waals surface area contributed by atoms with Gasteiger partial charge in [0.05, 0.1) is 17.9 Å². The second-order valence-electron chi connectivity index (χ2n) is 16.7. The van der Waals surface area contributed by atoms with E-state index in [1.807, 2.05) is 31.2 Å². The van der Waals surface area contributed by atoms with Crippen LogP contribution in [0.1, 0.15) is 56.7 Å². The predicted octanol–water partition coefficient (Wildman–Crippen LogP) is 4.85. The molecule has 3 aromatic heterocycles. The fraction of sp³-hybridized carbons (Fsp3) is 0.422. The summed E-state index contributed by atoms with van der Waals surface area (Å²) in [4.78, 5) is 58.3. The third-order valence-corrected chi connectivity index (χ3v) is 12.9. The zero-order valence-electron chi connectivity index (χ0n) is 34.4. The summed E-state index contributed by atoms with van der Waals surface area (Å²) in [6, 6.07) is 16.5. The standard InChI is InChI=1S/C45H52FN11O4/c1-3-19-56-43(60)34-27-47-44(52-41(34)57(56)38-13-5-30-15-18-45(61,4-2)40(30)50-38)49-31-6-9-33(10-7-31)54-24-22-53(23-25-54)28-29-16-20-55(21-17-29)37-12-8-32(26-35(37)46)48-36-11-14-39(58)51-42(36)59/h3,5-10,12-13,26-27,29,36,48,61H,1,4,11,14-25,28H2,2H3,(H,47,49,52)(H,51,58,59). The number of aliphatic hydroxyl groups is 1. The summed E-state index contributed by atoms with van der Waals surface area (Å²) in [6.45, 7) is 12.4. The van der Waals surface area contributed by atoms with Crippen molar-refractivity contribution < 1.29 is 19.1 Å². The van der Waals surface area contributed by atoms with Gasteiger partial charge in [-0.2, -0.15) is 4.98 Å². The Hall–Kier alpha value is -6.13. The number of pyridine rings is 1. The van der Waals surface area contributed by atoms with Crippen LogP contribution in [0.15, 0.2) is 78.2 Å². The SMILES string of the molecule is C=CCn1c(=O)c2cnc(Nc3ccc(N4CCN(CC5CCN(c6ccc(NC7CCC(=O)NC7=O)cc6F)CC5)CC4)cc3)nc2n1-c1ccc2c(n1)C(O)(CC)CC2. The van der Waals surface area contributed by atoms with Crippen molar-refractivity contribution in [3.8, 4) is 5.82 Å². The minimum Gasteiger partial charge on any atom is -0.384 e. The number of piperazine rings is 1. The Balaban J connectivity index is 0.785. The molecule has 2 atom stereocenters. The smallest absolute Gasteiger partial charge is 0.278 e. The highest BCUT2D eigenvalue weighted by Gasteiger charge is 2.37. The van der Waals surface area contributed by atoms with Crippen LogP contribution in [0.5, 0.6) is 0 Å². The maximum absolute atomic E-state index is 15.2. The van der Waals surface area contributed by atoms with Gasteiger partial charge in [-0.05, 0) is 98.5 Å². The number of anilines is 5. The number of nitrogens with zero attached hydrogens (tertiary/aromatic N) is 8. The third kappa shape index (κ3) is 8.09. The van der Waals surface area contributed by atoms with E-state index in [1.54, 1.807) is 33.8 Å². The van der Waals surface area contributed by atoms with E-state index in [0.717, 1.165) is 82.0 Å². The van der Waals surface area contributed by atoms with Crippen LogP contribution in [0.2, 0.25) is 0 Å². The molecule has 4 N–H and O–H groups in total. The van der Waals surface area contributed by atoms with Gasteiger partial charge >= 0.3 is 0 Å². The third-order valence-electron chi connectivity index (χ3n) is 12.9. The van der Waals surface area contributed by atoms with Crippen LogP contribution in [-0.4, -0.2) is 98.0 Å². The predicted molar refractivity (Wildman–Crippen MR) is 233 cm³/mol. The first-order valence-electron chi connectivity index (χ1n) is 21.4. The van der Waals surface area contributed by atoms with E-state index in [0.29, 0.717) is 65.0 Å². The van der Waals surface area contributed by atoms with Gasteiger partial charge in [-0.1, -0.05) is 19.1 Å². The number of halogens is 1. The fourth-order valence-electron chi connectivity index (χ4n) is 9.29. The van der Waals surface area contributed by atoms with Gasteiger partial charge < -0.3 is 25.5 Å². The molecule has 0 bridgehead atoms. The van der Waals surface area contributed by atoms with Crippen molar-refractivity contribution in [2.24, 2.45) is 5.92 Å². The van der Waals surface area contributed by atoms with E-state index >= 15 is 4.39 Å². The summed E-state index contributed by atoms with van der Waals surface area (Å²) in [7, 11) is 0. The first kappa shape index (κ1) is 40.3. The van der Waals surface area contributed by atoms with Crippen LogP contribution in [0.4, 0.5) is 33.1 Å². The summed E-state index contributed by atoms with van der Waals surface area (Å²) in [5.41, 5.74) is 3.90. The summed E-state index contributed by atoms with van der Waals surface area (Å²) in [5, 5.41) is 20.3. The van der Waals surface area contributed by atoms with Crippen molar-refractivity contribution in [2.75, 3.05) is 66.2 Å². The summed E-state index contributed by atoms with van der Waals surface area (Å²) in [5.74, 6) is 0.424. The second kappa shape index (κ2) is 16.7. The van der Waals surface area contributed by atoms with Gasteiger partial charge in [0.1, 0.15) is 22.8 Å². The number of carbonyl (C=O) groups is 2. The van der Waals surface area contributed by atoms with Gasteiger partial charge in [-0.25, -0.2) is 23.7 Å². The number of imide groups is 1. The molecule has 15 nitrogen and oxygen atoms in total. The molecule has 0 spiro atoms. The topological polar surface area (TPSA) is 166 Å². The first-order chi connectivity index (χ1) is 29.6. The maximum atomic E-state index is 15.2. The number of allylic oxidation sites excluding steroid dienone is 1. The van der Waals surface area contributed by atoms with Crippen molar-refractivity contribution in [3.63, 3.8) is 0 Å². The summed E-state index contributed by atoms with van der Waals surface area (Å²) in [6.07, 6.45) is 7.77. The summed E-state index contributed by atoms with van der Waals surface area (Å²) >= 11 is 0. The van der Waals surface area contributed by atoms with Gasteiger partial charge in [0.25, 0.3) is 5.56 Å². The Kier molecular flexibility index (Phi) is 11.0. The Labute approximate surface area is 353 Å². The van der Waals surface area contributed by atoms with Crippen LogP contribution in [0.25, 0.3) is 16.9 Å². The number of hydrogen-bond donors (Lipinski definition) is 4. The number of carbonyl (C=O) groups excluding carboxylic acids is 2. The van der Waals surface area contributed by atoms with E-state index in [9.17, 15) is 19.5 Å². The number of piperidine rings is 2. The van der Waals surface area contributed by atoms with Gasteiger partial charge in [-0.3, -0.25) is 24.6 Å². The molecule has 61 heavy (non-hydrogen) atoms. The Morgan fingerprint density at radius 2 is 1.70 bits per heavy atom. The Bertz CT molecular complexity index is 2520. The number of aryl methyl sites for hydroxylation is 1. The molecule has 16 heteroatoms. The molecule has 9 rings (SSSR count). The minimum atomic E-state index is -0.998. The van der Waals surface area contributed by atoms with E-state index in [-0.39, 0.29) is 36.2 Å². The van der Waals surface area contributed by atoms with E-state index < -0.39 is 11.6 Å². The molecule has 2 aromatic carbocycles. The molecule has 3 saturated heterocycles. The summed E-state index contributed by atoms with van der Waals surface area (Å²) < 4.78 is 18.5. The average molecular weight is 830 g/mol. The molecule has 6 heterocycles. The lowest BCUT2D eigenvalue weighted by atomic mass is 9.95. The number of amides is 2. The van der Waals surface area contributed by atoms with Gasteiger partial charge in [0, 0.05) is 75.5 Å². The molecule has 3 fully saturated rings. The quantitative estimate of drug-likeness (QED) is 0.100. The van der Waals surface area contributed by atoms with Crippen LogP contribution >= 0.6 is 0 Å². The van der Waals surface area contributed by atoms with Crippen LogP contribution in [-0.2, 0) is 28.2 Å². The van der Waals surface area contributed by atoms with Gasteiger partial charge in [0.2, 0.25) is 17.8 Å². The van der Waals surface area contributed by atoms with Gasteiger partial charge in [0.15, 0.2) is 11.5 Å². The van der Waals surface area contributed by atoms with Crippen molar-refractivity contribution >= 4 is 51.5 Å². The molecule has 2 unspecified atom stereocenters. The lowest BCUT2D eigenvalue weighted by Gasteiger charge is -2.40. The molecule has 1 aliphatic carbocycles. The number of nitrogens with one attached hydrogen (secondary N) is 3. The average Bonchev–Trinajstić information content (AvgIpc) is 3.75. The highest BCUT2D eigenvalue weighted by atomic mass is 19.1. The lowest BCUT2D eigenvalue weighted by Crippen LogP contribution is -2.49. The van der Waals surface area contributed by atoms with Crippen LogP contribution in [0, 0.1) is 11.7 Å². The van der Waals surface area contributed by atoms with Crippen LogP contribution in [0.3, 0.4) is 0 Å². The molecule has 2 amide bonds. The van der Waals surface area contributed by atoms with E-state index in [1.165, 1.54) is 6.07 Å².